The number of thiophene rings is 1. The van der Waals surface area contributed by atoms with Gasteiger partial charge in [0.25, 0.3) is 5.91 Å². The van der Waals surface area contributed by atoms with Crippen LogP contribution in [0.1, 0.15) is 38.2 Å². The number of amides is 1. The summed E-state index contributed by atoms with van der Waals surface area (Å²) in [5.74, 6) is -0.802. The molecular weight excluding hydrogens is 410 g/mol. The van der Waals surface area contributed by atoms with Crippen LogP contribution in [-0.4, -0.2) is 33.8 Å². The maximum Gasteiger partial charge on any atom is 0.331 e. The topological polar surface area (TPSA) is 73.2 Å². The molecule has 7 heteroatoms. The van der Waals surface area contributed by atoms with E-state index in [0.29, 0.717) is 0 Å². The van der Waals surface area contributed by atoms with Gasteiger partial charge >= 0.3 is 5.97 Å². The van der Waals surface area contributed by atoms with E-state index >= 15 is 0 Å². The summed E-state index contributed by atoms with van der Waals surface area (Å²) in [6.07, 6.45) is 8.32. The molecule has 4 rings (SSSR count). The van der Waals surface area contributed by atoms with E-state index in [9.17, 15) is 9.59 Å². The van der Waals surface area contributed by atoms with Crippen molar-refractivity contribution in [3.63, 3.8) is 0 Å². The van der Waals surface area contributed by atoms with Gasteiger partial charge in [-0.05, 0) is 49.4 Å². The lowest BCUT2D eigenvalue weighted by molar-refractivity contribution is -0.150. The Morgan fingerprint density at radius 2 is 1.97 bits per heavy atom. The Balaban J connectivity index is 1.46. The number of nitrogens with zero attached hydrogens (tertiary/aromatic N) is 2. The first-order valence-electron chi connectivity index (χ1n) is 10.5. The molecule has 1 amide bonds. The first-order valence-corrected chi connectivity index (χ1v) is 11.4. The van der Waals surface area contributed by atoms with Gasteiger partial charge in [0.15, 0.2) is 6.10 Å². The van der Waals surface area contributed by atoms with Crippen LogP contribution in [0.5, 0.6) is 0 Å². The molecule has 0 unspecified atom stereocenters. The van der Waals surface area contributed by atoms with Gasteiger partial charge in [0.05, 0.1) is 10.6 Å². The number of aromatic nitrogens is 2. The van der Waals surface area contributed by atoms with Gasteiger partial charge in [-0.1, -0.05) is 37.1 Å². The number of nitrogens with one attached hydrogen (secondary N) is 1. The second-order valence-corrected chi connectivity index (χ2v) is 8.54. The van der Waals surface area contributed by atoms with Gasteiger partial charge in [0.2, 0.25) is 0 Å². The van der Waals surface area contributed by atoms with Crippen LogP contribution in [-0.2, 0) is 14.3 Å². The number of para-hydroxylation sites is 1. The van der Waals surface area contributed by atoms with E-state index in [1.165, 1.54) is 6.08 Å². The zero-order chi connectivity index (χ0) is 21.6. The first kappa shape index (κ1) is 21.1. The Kier molecular flexibility index (Phi) is 6.62. The molecule has 160 valence electrons. The molecule has 1 fully saturated rings. The molecule has 1 saturated carbocycles. The Hall–Kier alpha value is -3.19. The third-order valence-corrected chi connectivity index (χ3v) is 6.16. The van der Waals surface area contributed by atoms with Crippen molar-refractivity contribution in [1.82, 2.24) is 15.1 Å². The van der Waals surface area contributed by atoms with Crippen molar-refractivity contribution in [2.45, 2.75) is 44.8 Å². The molecule has 1 aliphatic rings. The van der Waals surface area contributed by atoms with Crippen LogP contribution in [0.15, 0.2) is 60.1 Å². The van der Waals surface area contributed by atoms with E-state index < -0.39 is 12.1 Å². The van der Waals surface area contributed by atoms with Gasteiger partial charge in [-0.3, -0.25) is 4.79 Å². The number of hydrogen-bond acceptors (Lipinski definition) is 5. The van der Waals surface area contributed by atoms with Crippen molar-refractivity contribution in [3.05, 3.63) is 65.7 Å². The largest absolute Gasteiger partial charge is 0.449 e. The lowest BCUT2D eigenvalue weighted by Crippen LogP contribution is -2.40. The third kappa shape index (κ3) is 5.30. The second kappa shape index (κ2) is 9.75. The molecule has 0 aliphatic heterocycles. The summed E-state index contributed by atoms with van der Waals surface area (Å²) < 4.78 is 7.09. The van der Waals surface area contributed by atoms with Crippen molar-refractivity contribution < 1.29 is 14.3 Å². The third-order valence-electron chi connectivity index (χ3n) is 5.28. The second-order valence-electron chi connectivity index (χ2n) is 7.59. The van der Waals surface area contributed by atoms with Crippen molar-refractivity contribution in [2.75, 3.05) is 0 Å². The Morgan fingerprint density at radius 1 is 1.19 bits per heavy atom. The summed E-state index contributed by atoms with van der Waals surface area (Å²) in [4.78, 5) is 25.6. The van der Waals surface area contributed by atoms with E-state index in [2.05, 4.69) is 5.32 Å². The fourth-order valence-corrected chi connectivity index (χ4v) is 4.37. The lowest BCUT2D eigenvalue weighted by atomic mass is 10.2. The molecule has 0 radical (unpaired) electrons. The standard InChI is InChI=1S/C24H25N3O3S/c1-17(24(29)25-19-8-5-6-9-19)30-22(28)14-13-18-16-27(20-10-3-2-4-11-20)26-23(18)21-12-7-15-31-21/h2-4,7,10-17,19H,5-6,8-9H2,1H3,(H,25,29)/b14-13+/t17-/m0/s1. The summed E-state index contributed by atoms with van der Waals surface area (Å²) in [6, 6.07) is 13.9. The van der Waals surface area contributed by atoms with Crippen molar-refractivity contribution in [3.8, 4) is 16.3 Å². The zero-order valence-electron chi connectivity index (χ0n) is 17.4. The quantitative estimate of drug-likeness (QED) is 0.435. The lowest BCUT2D eigenvalue weighted by Gasteiger charge is -2.16. The van der Waals surface area contributed by atoms with Crippen LogP contribution in [0.3, 0.4) is 0 Å². The summed E-state index contributed by atoms with van der Waals surface area (Å²) in [5, 5.41) is 9.65. The van der Waals surface area contributed by atoms with Crippen molar-refractivity contribution >= 4 is 29.3 Å². The molecule has 31 heavy (non-hydrogen) atoms. The molecule has 2 heterocycles. The highest BCUT2D eigenvalue weighted by molar-refractivity contribution is 7.13. The predicted octanol–water partition coefficient (Wildman–Crippen LogP) is 4.60. The molecule has 2 aromatic heterocycles. The van der Waals surface area contributed by atoms with Gasteiger partial charge in [-0.25, -0.2) is 9.48 Å². The molecule has 1 aliphatic carbocycles. The monoisotopic (exact) mass is 435 g/mol. The van der Waals surface area contributed by atoms with E-state index in [4.69, 9.17) is 9.84 Å². The fraction of sp³-hybridized carbons (Fsp3) is 0.292. The van der Waals surface area contributed by atoms with Gasteiger partial charge < -0.3 is 10.1 Å². The van der Waals surface area contributed by atoms with E-state index in [-0.39, 0.29) is 11.9 Å². The Morgan fingerprint density at radius 3 is 2.68 bits per heavy atom. The minimum atomic E-state index is -0.832. The normalized spacial score (nSPS) is 15.3. The van der Waals surface area contributed by atoms with Crippen LogP contribution < -0.4 is 5.32 Å². The summed E-state index contributed by atoms with van der Waals surface area (Å²) in [5.41, 5.74) is 2.51. The van der Waals surface area contributed by atoms with Gasteiger partial charge in [-0.2, -0.15) is 5.10 Å². The Labute approximate surface area is 185 Å². The fourth-order valence-electron chi connectivity index (χ4n) is 3.64. The number of ether oxygens (including phenoxy) is 1. The predicted molar refractivity (Wildman–Crippen MR) is 122 cm³/mol. The van der Waals surface area contributed by atoms with Gasteiger partial charge in [-0.15, -0.1) is 11.3 Å². The van der Waals surface area contributed by atoms with Crippen LogP contribution in [0.2, 0.25) is 0 Å². The molecule has 1 N–H and O–H groups in total. The SMILES string of the molecule is C[C@H](OC(=O)/C=C/c1cn(-c2ccccc2)nc1-c1cccs1)C(=O)NC1CCCC1. The minimum Gasteiger partial charge on any atom is -0.449 e. The summed E-state index contributed by atoms with van der Waals surface area (Å²) in [7, 11) is 0. The number of esters is 1. The number of carbonyl (C=O) groups excluding carboxylic acids is 2. The number of rotatable bonds is 7. The highest BCUT2D eigenvalue weighted by atomic mass is 32.1. The molecule has 1 atom stereocenters. The van der Waals surface area contributed by atoms with Gasteiger partial charge in [0, 0.05) is 23.9 Å². The molecule has 3 aromatic rings. The highest BCUT2D eigenvalue weighted by Crippen LogP contribution is 2.28. The number of hydrogen-bond donors (Lipinski definition) is 1. The smallest absolute Gasteiger partial charge is 0.331 e. The molecule has 1 aromatic carbocycles. The summed E-state index contributed by atoms with van der Waals surface area (Å²) >= 11 is 1.58. The zero-order valence-corrected chi connectivity index (χ0v) is 18.2. The van der Waals surface area contributed by atoms with Crippen LogP contribution in [0.4, 0.5) is 0 Å². The highest BCUT2D eigenvalue weighted by Gasteiger charge is 2.22. The van der Waals surface area contributed by atoms with E-state index in [1.54, 1.807) is 29.0 Å². The summed E-state index contributed by atoms with van der Waals surface area (Å²) in [6.45, 7) is 1.60. The van der Waals surface area contributed by atoms with Gasteiger partial charge in [0.1, 0.15) is 5.69 Å². The Bertz CT molecular complexity index is 1050. The molecule has 0 bridgehead atoms. The van der Waals surface area contributed by atoms with E-state index in [0.717, 1.165) is 47.5 Å². The van der Waals surface area contributed by atoms with Crippen LogP contribution in [0, 0.1) is 0 Å². The number of carbonyl (C=O) groups is 2. The molecule has 0 spiro atoms. The van der Waals surface area contributed by atoms with Crippen LogP contribution >= 0.6 is 11.3 Å². The van der Waals surface area contributed by atoms with E-state index in [1.807, 2.05) is 54.0 Å². The molecule has 0 saturated heterocycles. The van der Waals surface area contributed by atoms with Crippen molar-refractivity contribution in [2.24, 2.45) is 0 Å². The maximum absolute atomic E-state index is 12.3. The molecular formula is C24H25N3O3S. The average molecular weight is 436 g/mol. The number of benzene rings is 1. The molecule has 6 nitrogen and oxygen atoms in total. The first-order chi connectivity index (χ1) is 15.1. The van der Waals surface area contributed by atoms with Crippen molar-refractivity contribution in [1.29, 1.82) is 0 Å². The average Bonchev–Trinajstić information content (AvgIpc) is 3.54. The van der Waals surface area contributed by atoms with Crippen LogP contribution in [0.25, 0.3) is 22.3 Å². The minimum absolute atomic E-state index is 0.196. The maximum atomic E-state index is 12.3.